The van der Waals surface area contributed by atoms with E-state index in [2.05, 4.69) is 31.4 Å². The smallest absolute Gasteiger partial charge is 0.203 e. The van der Waals surface area contributed by atoms with Gasteiger partial charge in [-0.25, -0.2) is 9.37 Å². The molecule has 3 nitrogen and oxygen atoms in total. The van der Waals surface area contributed by atoms with Crippen molar-refractivity contribution in [2.75, 3.05) is 5.43 Å². The number of benzene rings is 2. The molecule has 0 atom stereocenters. The van der Waals surface area contributed by atoms with Crippen LogP contribution in [0.4, 0.5) is 9.52 Å². The van der Waals surface area contributed by atoms with Gasteiger partial charge in [0.25, 0.3) is 0 Å². The predicted octanol–water partition coefficient (Wildman–Crippen LogP) is 5.16. The van der Waals surface area contributed by atoms with E-state index in [-0.39, 0.29) is 5.82 Å². The molecule has 3 aromatic rings. The van der Waals surface area contributed by atoms with Gasteiger partial charge in [0.05, 0.1) is 11.9 Å². The summed E-state index contributed by atoms with van der Waals surface area (Å²) >= 11 is 4.84. The van der Waals surface area contributed by atoms with E-state index in [9.17, 15) is 4.39 Å². The fraction of sp³-hybridized carbons (Fsp3) is 0. The largest absolute Gasteiger partial charge is 0.253 e. The first-order valence-electron chi connectivity index (χ1n) is 6.47. The molecule has 0 aliphatic rings. The Morgan fingerprint density at radius 1 is 1.09 bits per heavy atom. The maximum absolute atomic E-state index is 12.9. The van der Waals surface area contributed by atoms with Crippen LogP contribution in [0.25, 0.3) is 11.3 Å². The summed E-state index contributed by atoms with van der Waals surface area (Å²) in [5, 5.41) is 6.76. The van der Waals surface area contributed by atoms with Crippen molar-refractivity contribution in [1.29, 1.82) is 0 Å². The first-order valence-corrected chi connectivity index (χ1v) is 8.14. The zero-order chi connectivity index (χ0) is 15.4. The maximum Gasteiger partial charge on any atom is 0.203 e. The third kappa shape index (κ3) is 3.78. The van der Waals surface area contributed by atoms with Gasteiger partial charge in [0, 0.05) is 15.4 Å². The first-order chi connectivity index (χ1) is 10.7. The standard InChI is InChI=1S/C16H11BrFN3S/c17-13-5-1-11(2-6-13)9-19-21-16-20-15(10-22-16)12-3-7-14(18)8-4-12/h1-10H,(H,20,21)/b19-9-. The maximum atomic E-state index is 12.9. The minimum Gasteiger partial charge on any atom is -0.253 e. The molecule has 0 amide bonds. The highest BCUT2D eigenvalue weighted by molar-refractivity contribution is 9.10. The highest BCUT2D eigenvalue weighted by Crippen LogP contribution is 2.24. The van der Waals surface area contributed by atoms with Crippen LogP contribution in [-0.4, -0.2) is 11.2 Å². The number of nitrogens with one attached hydrogen (secondary N) is 1. The molecule has 0 aliphatic heterocycles. The Balaban J connectivity index is 1.66. The Kier molecular flexibility index (Phi) is 4.60. The van der Waals surface area contributed by atoms with Gasteiger partial charge < -0.3 is 0 Å². The third-order valence-corrected chi connectivity index (χ3v) is 4.16. The molecule has 0 aliphatic carbocycles. The highest BCUT2D eigenvalue weighted by Gasteiger charge is 2.03. The number of aromatic nitrogens is 1. The molecule has 1 N–H and O–H groups in total. The minimum absolute atomic E-state index is 0.253. The second-order valence-electron chi connectivity index (χ2n) is 4.47. The van der Waals surface area contributed by atoms with E-state index in [0.29, 0.717) is 5.13 Å². The van der Waals surface area contributed by atoms with Crippen LogP contribution in [0.3, 0.4) is 0 Å². The molecule has 0 spiro atoms. The fourth-order valence-corrected chi connectivity index (χ4v) is 2.72. The summed E-state index contributed by atoms with van der Waals surface area (Å²) in [6.07, 6.45) is 1.73. The number of anilines is 1. The van der Waals surface area contributed by atoms with Gasteiger partial charge in [-0.3, -0.25) is 5.43 Å². The van der Waals surface area contributed by atoms with Gasteiger partial charge in [0.15, 0.2) is 0 Å². The molecule has 2 aromatic carbocycles. The lowest BCUT2D eigenvalue weighted by Crippen LogP contribution is -1.90. The summed E-state index contributed by atoms with van der Waals surface area (Å²) in [6, 6.07) is 14.1. The molecule has 0 saturated heterocycles. The Bertz CT molecular complexity index is 782. The first kappa shape index (κ1) is 14.9. The quantitative estimate of drug-likeness (QED) is 0.505. The molecule has 0 saturated carbocycles. The number of hydrogen-bond donors (Lipinski definition) is 1. The zero-order valence-corrected chi connectivity index (χ0v) is 13.7. The summed E-state index contributed by atoms with van der Waals surface area (Å²) in [5.41, 5.74) is 5.57. The molecule has 3 rings (SSSR count). The normalized spacial score (nSPS) is 11.0. The monoisotopic (exact) mass is 375 g/mol. The Morgan fingerprint density at radius 2 is 1.82 bits per heavy atom. The summed E-state index contributed by atoms with van der Waals surface area (Å²) < 4.78 is 13.9. The van der Waals surface area contributed by atoms with Crippen molar-refractivity contribution < 1.29 is 4.39 Å². The van der Waals surface area contributed by atoms with Crippen LogP contribution in [0.15, 0.2) is 63.5 Å². The van der Waals surface area contributed by atoms with Crippen LogP contribution in [0.2, 0.25) is 0 Å². The van der Waals surface area contributed by atoms with E-state index in [1.54, 1.807) is 18.3 Å². The number of hydrazone groups is 1. The lowest BCUT2D eigenvalue weighted by atomic mass is 10.2. The summed E-state index contributed by atoms with van der Waals surface area (Å²) in [5.74, 6) is -0.253. The van der Waals surface area contributed by atoms with Crippen LogP contribution in [0.5, 0.6) is 0 Å². The average molecular weight is 376 g/mol. The molecule has 6 heteroatoms. The highest BCUT2D eigenvalue weighted by atomic mass is 79.9. The molecular formula is C16H11BrFN3S. The lowest BCUT2D eigenvalue weighted by molar-refractivity contribution is 0.628. The number of hydrogen-bond acceptors (Lipinski definition) is 4. The summed E-state index contributed by atoms with van der Waals surface area (Å²) in [6.45, 7) is 0. The van der Waals surface area contributed by atoms with Crippen LogP contribution in [0.1, 0.15) is 5.56 Å². The molecule has 110 valence electrons. The third-order valence-electron chi connectivity index (χ3n) is 2.89. The number of nitrogens with zero attached hydrogens (tertiary/aromatic N) is 2. The fourth-order valence-electron chi connectivity index (χ4n) is 1.79. The van der Waals surface area contributed by atoms with E-state index >= 15 is 0 Å². The Labute approximate surface area is 139 Å². The molecular weight excluding hydrogens is 365 g/mol. The zero-order valence-electron chi connectivity index (χ0n) is 11.3. The topological polar surface area (TPSA) is 37.3 Å². The van der Waals surface area contributed by atoms with Gasteiger partial charge in [0.1, 0.15) is 5.82 Å². The second-order valence-corrected chi connectivity index (χ2v) is 6.24. The Hall–Kier alpha value is -2.05. The van der Waals surface area contributed by atoms with Crippen LogP contribution < -0.4 is 5.43 Å². The van der Waals surface area contributed by atoms with E-state index in [1.165, 1.54) is 23.5 Å². The van der Waals surface area contributed by atoms with Crippen molar-refractivity contribution in [1.82, 2.24) is 4.98 Å². The molecule has 0 radical (unpaired) electrons. The van der Waals surface area contributed by atoms with Gasteiger partial charge in [-0.1, -0.05) is 28.1 Å². The SMILES string of the molecule is Fc1ccc(-c2csc(N/N=C\c3ccc(Br)cc3)n2)cc1. The van der Waals surface area contributed by atoms with Crippen LogP contribution in [-0.2, 0) is 0 Å². The van der Waals surface area contributed by atoms with Crippen molar-refractivity contribution in [3.63, 3.8) is 0 Å². The van der Waals surface area contributed by atoms with E-state index in [0.717, 1.165) is 21.3 Å². The molecule has 0 unspecified atom stereocenters. The van der Waals surface area contributed by atoms with Gasteiger partial charge in [-0.2, -0.15) is 5.10 Å². The Morgan fingerprint density at radius 3 is 2.55 bits per heavy atom. The summed E-state index contributed by atoms with van der Waals surface area (Å²) in [7, 11) is 0. The summed E-state index contributed by atoms with van der Waals surface area (Å²) in [4.78, 5) is 4.42. The van der Waals surface area contributed by atoms with Gasteiger partial charge in [-0.15, -0.1) is 11.3 Å². The van der Waals surface area contributed by atoms with Gasteiger partial charge in [0.2, 0.25) is 5.13 Å². The molecule has 1 aromatic heterocycles. The van der Waals surface area contributed by atoms with Crippen molar-refractivity contribution in [2.24, 2.45) is 5.10 Å². The molecule has 0 bridgehead atoms. The lowest BCUT2D eigenvalue weighted by Gasteiger charge is -1.96. The van der Waals surface area contributed by atoms with Crippen LogP contribution in [0, 0.1) is 5.82 Å². The van der Waals surface area contributed by atoms with Crippen molar-refractivity contribution in [3.8, 4) is 11.3 Å². The molecule has 22 heavy (non-hydrogen) atoms. The van der Waals surface area contributed by atoms with E-state index in [4.69, 9.17) is 0 Å². The van der Waals surface area contributed by atoms with Gasteiger partial charge >= 0.3 is 0 Å². The van der Waals surface area contributed by atoms with E-state index in [1.807, 2.05) is 29.6 Å². The number of rotatable bonds is 4. The molecule has 1 heterocycles. The van der Waals surface area contributed by atoms with Crippen molar-refractivity contribution in [3.05, 3.63) is 69.8 Å². The van der Waals surface area contributed by atoms with Crippen LogP contribution >= 0.6 is 27.3 Å². The van der Waals surface area contributed by atoms with Gasteiger partial charge in [-0.05, 0) is 42.0 Å². The molecule has 0 fully saturated rings. The van der Waals surface area contributed by atoms with E-state index < -0.39 is 0 Å². The predicted molar refractivity (Wildman–Crippen MR) is 92.9 cm³/mol. The number of halogens is 2. The number of thiazole rings is 1. The minimum atomic E-state index is -0.253. The van der Waals surface area contributed by atoms with Crippen molar-refractivity contribution in [2.45, 2.75) is 0 Å². The second kappa shape index (κ2) is 6.81. The van der Waals surface area contributed by atoms with Crippen molar-refractivity contribution >= 4 is 38.6 Å². The average Bonchev–Trinajstić information content (AvgIpc) is 2.99.